The summed E-state index contributed by atoms with van der Waals surface area (Å²) in [6.45, 7) is 1.45. The van der Waals surface area contributed by atoms with Crippen LogP contribution in [0, 0.1) is 0 Å². The summed E-state index contributed by atoms with van der Waals surface area (Å²) < 4.78 is 3.89. The predicted octanol–water partition coefficient (Wildman–Crippen LogP) is 2.82. The number of nitrogen functional groups attached to an aromatic ring is 1. The maximum absolute atomic E-state index is 6.04. The number of rotatable bonds is 3. The summed E-state index contributed by atoms with van der Waals surface area (Å²) >= 11 is 12.0. The largest absolute Gasteiger partial charge is 0.369 e. The highest BCUT2D eigenvalue weighted by Crippen LogP contribution is 2.28. The molecule has 0 aliphatic rings. The minimum atomic E-state index is 0.452. The van der Waals surface area contributed by atoms with E-state index in [4.69, 9.17) is 28.9 Å². The van der Waals surface area contributed by atoms with Gasteiger partial charge in [-0.15, -0.1) is 0 Å². The lowest BCUT2D eigenvalue weighted by Gasteiger charge is -2.07. The summed E-state index contributed by atoms with van der Waals surface area (Å²) in [4.78, 5) is 8.29. The number of nitrogens with two attached hydrogens (primary N) is 1. The van der Waals surface area contributed by atoms with E-state index in [1.165, 1.54) is 0 Å². The molecule has 2 heterocycles. The van der Waals surface area contributed by atoms with Crippen molar-refractivity contribution in [3.8, 4) is 0 Å². The summed E-state index contributed by atoms with van der Waals surface area (Å²) in [5, 5.41) is 0.978. The molecule has 0 amide bonds. The molecule has 0 fully saturated rings. The van der Waals surface area contributed by atoms with E-state index >= 15 is 0 Å². The average Bonchev–Trinajstić information content (AvgIpc) is 2.96. The quantitative estimate of drug-likeness (QED) is 0.808. The average molecular weight is 296 g/mol. The lowest BCUT2D eigenvalue weighted by atomic mass is 10.3. The molecule has 0 saturated heterocycles. The molecule has 0 aliphatic heterocycles. The van der Waals surface area contributed by atoms with Crippen molar-refractivity contribution in [2.75, 3.05) is 5.73 Å². The molecule has 2 aromatic heterocycles. The van der Waals surface area contributed by atoms with Crippen LogP contribution in [0.3, 0.4) is 0 Å². The molecule has 0 unspecified atom stereocenters. The van der Waals surface area contributed by atoms with E-state index in [-0.39, 0.29) is 0 Å². The van der Waals surface area contributed by atoms with Gasteiger partial charge in [0.25, 0.3) is 0 Å². The van der Waals surface area contributed by atoms with Gasteiger partial charge in [0.2, 0.25) is 5.95 Å². The Bertz CT molecular complexity index is 717. The van der Waals surface area contributed by atoms with E-state index in [0.717, 1.165) is 17.6 Å². The lowest BCUT2D eigenvalue weighted by molar-refractivity contribution is 0.594. The Balaban J connectivity index is 1.98. The molecule has 7 heteroatoms. The molecule has 5 nitrogen and oxygen atoms in total. The zero-order chi connectivity index (χ0) is 13.4. The Morgan fingerprint density at radius 2 is 1.95 bits per heavy atom. The molecule has 0 atom stereocenters. The zero-order valence-corrected chi connectivity index (χ0v) is 11.4. The second-order valence-corrected chi connectivity index (χ2v) is 4.99. The number of nitrogens with zero attached hydrogens (tertiary/aromatic N) is 4. The molecule has 3 rings (SSSR count). The van der Waals surface area contributed by atoms with Crippen LogP contribution in [0.4, 0.5) is 5.95 Å². The third-order valence-electron chi connectivity index (χ3n) is 2.96. The number of halogens is 2. The Morgan fingerprint density at radius 1 is 1.16 bits per heavy atom. The van der Waals surface area contributed by atoms with E-state index in [2.05, 4.69) is 9.97 Å². The molecule has 0 aliphatic carbocycles. The standard InChI is InChI=1S/C12H11Cl2N5/c13-8-5-10-11(6-9(8)14)19(12(15)17-10)4-3-18-2-1-16-7-18/h1-2,5-7H,3-4H2,(H2,15,17). The Labute approximate surface area is 119 Å². The molecule has 0 spiro atoms. The first-order chi connectivity index (χ1) is 9.15. The molecule has 2 N–H and O–H groups in total. The number of aromatic nitrogens is 4. The first-order valence-electron chi connectivity index (χ1n) is 5.71. The minimum absolute atomic E-state index is 0.452. The van der Waals surface area contributed by atoms with Crippen LogP contribution in [0.1, 0.15) is 0 Å². The first-order valence-corrected chi connectivity index (χ1v) is 6.47. The van der Waals surface area contributed by atoms with E-state index in [9.17, 15) is 0 Å². The van der Waals surface area contributed by atoms with Crippen molar-refractivity contribution in [1.82, 2.24) is 19.1 Å². The molecule has 0 saturated carbocycles. The highest BCUT2D eigenvalue weighted by Gasteiger charge is 2.10. The van der Waals surface area contributed by atoms with Crippen molar-refractivity contribution in [2.24, 2.45) is 0 Å². The van der Waals surface area contributed by atoms with E-state index in [1.54, 1.807) is 24.7 Å². The van der Waals surface area contributed by atoms with Crippen molar-refractivity contribution in [3.63, 3.8) is 0 Å². The molecule has 3 aromatic rings. The van der Waals surface area contributed by atoms with Crippen LogP contribution in [0.2, 0.25) is 10.0 Å². The van der Waals surface area contributed by atoms with Gasteiger partial charge in [-0.25, -0.2) is 9.97 Å². The second-order valence-electron chi connectivity index (χ2n) is 4.18. The number of imidazole rings is 2. The highest BCUT2D eigenvalue weighted by atomic mass is 35.5. The number of fused-ring (bicyclic) bond motifs is 1. The van der Waals surface area contributed by atoms with Crippen LogP contribution in [0.25, 0.3) is 11.0 Å². The molecular weight excluding hydrogens is 285 g/mol. The van der Waals surface area contributed by atoms with Crippen LogP contribution in [-0.2, 0) is 13.1 Å². The zero-order valence-electron chi connectivity index (χ0n) is 9.92. The van der Waals surface area contributed by atoms with Crippen LogP contribution in [-0.4, -0.2) is 19.1 Å². The summed E-state index contributed by atoms with van der Waals surface area (Å²) in [6, 6.07) is 3.51. The fourth-order valence-electron chi connectivity index (χ4n) is 2.01. The fraction of sp³-hybridized carbons (Fsp3) is 0.167. The molecular formula is C12H11Cl2N5. The normalized spacial score (nSPS) is 11.3. The highest BCUT2D eigenvalue weighted by molar-refractivity contribution is 6.42. The van der Waals surface area contributed by atoms with Crippen molar-refractivity contribution in [1.29, 1.82) is 0 Å². The summed E-state index contributed by atoms with van der Waals surface area (Å²) in [6.07, 6.45) is 5.41. The van der Waals surface area contributed by atoms with Gasteiger partial charge in [-0.2, -0.15) is 0 Å². The maximum atomic E-state index is 6.04. The minimum Gasteiger partial charge on any atom is -0.369 e. The van der Waals surface area contributed by atoms with Gasteiger partial charge in [-0.1, -0.05) is 23.2 Å². The van der Waals surface area contributed by atoms with Crippen LogP contribution >= 0.6 is 23.2 Å². The number of aryl methyl sites for hydroxylation is 2. The Hall–Kier alpha value is -1.72. The third-order valence-corrected chi connectivity index (χ3v) is 3.68. The van der Waals surface area contributed by atoms with Gasteiger partial charge in [-0.3, -0.25) is 0 Å². The van der Waals surface area contributed by atoms with Gasteiger partial charge < -0.3 is 14.9 Å². The van der Waals surface area contributed by atoms with Crippen molar-refractivity contribution in [3.05, 3.63) is 40.9 Å². The van der Waals surface area contributed by atoms with E-state index in [1.807, 2.05) is 15.3 Å². The SMILES string of the molecule is Nc1nc2cc(Cl)c(Cl)cc2n1CCn1ccnc1. The number of benzene rings is 1. The first kappa shape index (κ1) is 12.3. The van der Waals surface area contributed by atoms with Gasteiger partial charge in [0, 0.05) is 25.5 Å². The van der Waals surface area contributed by atoms with Crippen LogP contribution < -0.4 is 5.73 Å². The summed E-state index contributed by atoms with van der Waals surface area (Å²) in [5.41, 5.74) is 7.56. The number of hydrogen-bond acceptors (Lipinski definition) is 3. The number of anilines is 1. The smallest absolute Gasteiger partial charge is 0.201 e. The van der Waals surface area contributed by atoms with Gasteiger partial charge in [0.05, 0.1) is 27.4 Å². The van der Waals surface area contributed by atoms with Gasteiger partial charge >= 0.3 is 0 Å². The molecule has 0 bridgehead atoms. The Morgan fingerprint density at radius 3 is 2.68 bits per heavy atom. The summed E-state index contributed by atoms with van der Waals surface area (Å²) in [7, 11) is 0. The fourth-order valence-corrected chi connectivity index (χ4v) is 2.32. The number of hydrogen-bond donors (Lipinski definition) is 1. The van der Waals surface area contributed by atoms with Crippen molar-refractivity contribution in [2.45, 2.75) is 13.1 Å². The molecule has 0 radical (unpaired) electrons. The molecule has 98 valence electrons. The maximum Gasteiger partial charge on any atom is 0.201 e. The van der Waals surface area contributed by atoms with Gasteiger partial charge in [0.15, 0.2) is 0 Å². The van der Waals surface area contributed by atoms with Crippen molar-refractivity contribution < 1.29 is 0 Å². The van der Waals surface area contributed by atoms with E-state index < -0.39 is 0 Å². The van der Waals surface area contributed by atoms with Gasteiger partial charge in [0.1, 0.15) is 0 Å². The molecule has 19 heavy (non-hydrogen) atoms. The van der Waals surface area contributed by atoms with Crippen LogP contribution in [0.15, 0.2) is 30.9 Å². The summed E-state index contributed by atoms with van der Waals surface area (Å²) in [5.74, 6) is 0.452. The van der Waals surface area contributed by atoms with E-state index in [0.29, 0.717) is 22.5 Å². The lowest BCUT2D eigenvalue weighted by Crippen LogP contribution is -2.08. The monoisotopic (exact) mass is 295 g/mol. The Kier molecular flexibility index (Phi) is 3.08. The van der Waals surface area contributed by atoms with Crippen molar-refractivity contribution >= 4 is 40.2 Å². The van der Waals surface area contributed by atoms with Gasteiger partial charge in [-0.05, 0) is 12.1 Å². The molecule has 1 aromatic carbocycles. The second kappa shape index (κ2) is 4.75. The van der Waals surface area contributed by atoms with Crippen LogP contribution in [0.5, 0.6) is 0 Å². The predicted molar refractivity (Wildman–Crippen MR) is 76.4 cm³/mol. The topological polar surface area (TPSA) is 61.7 Å². The third kappa shape index (κ3) is 2.27.